The van der Waals surface area contributed by atoms with Crippen molar-refractivity contribution in [1.29, 1.82) is 0 Å². The number of benzene rings is 1. The van der Waals surface area contributed by atoms with Crippen LogP contribution in [-0.2, 0) is 9.53 Å². The Hall–Kier alpha value is -2.04. The van der Waals surface area contributed by atoms with E-state index in [1.165, 1.54) is 0 Å². The molecule has 0 aromatic heterocycles. The van der Waals surface area contributed by atoms with Crippen LogP contribution in [0.1, 0.15) is 38.1 Å². The van der Waals surface area contributed by atoms with Crippen molar-refractivity contribution in [3.8, 4) is 0 Å². The minimum atomic E-state index is -0.539. The molecule has 19 heavy (non-hydrogen) atoms. The average molecular weight is 262 g/mol. The van der Waals surface area contributed by atoms with Crippen LogP contribution in [0.15, 0.2) is 18.2 Å². The highest BCUT2D eigenvalue weighted by atomic mass is 16.6. The highest BCUT2D eigenvalue weighted by Gasteiger charge is 2.23. The number of ether oxygens (including phenoxy) is 1. The normalized spacial score (nSPS) is 18.1. The third-order valence-corrected chi connectivity index (χ3v) is 2.68. The van der Waals surface area contributed by atoms with Crippen molar-refractivity contribution in [3.05, 3.63) is 23.8 Å². The molecular formula is C14H18N2O3. The first kappa shape index (κ1) is 13.4. The van der Waals surface area contributed by atoms with Crippen LogP contribution in [0.5, 0.6) is 0 Å². The number of anilines is 2. The molecule has 1 atom stereocenters. The average Bonchev–Trinajstić information content (AvgIpc) is 2.27. The van der Waals surface area contributed by atoms with Crippen molar-refractivity contribution < 1.29 is 14.3 Å². The molecule has 102 valence electrons. The first-order chi connectivity index (χ1) is 8.76. The lowest BCUT2D eigenvalue weighted by molar-refractivity contribution is -0.116. The summed E-state index contributed by atoms with van der Waals surface area (Å²) >= 11 is 0. The minimum absolute atomic E-state index is 0.117. The van der Waals surface area contributed by atoms with Crippen molar-refractivity contribution >= 4 is 23.3 Å². The molecule has 1 aromatic rings. The Bertz CT molecular complexity index is 532. The lowest BCUT2D eigenvalue weighted by Gasteiger charge is -2.25. The lowest BCUT2D eigenvalue weighted by atomic mass is 10.1. The van der Waals surface area contributed by atoms with Gasteiger partial charge in [0.05, 0.1) is 16.9 Å². The fourth-order valence-electron chi connectivity index (χ4n) is 1.78. The zero-order valence-corrected chi connectivity index (χ0v) is 11.5. The molecule has 1 aliphatic heterocycles. The van der Waals surface area contributed by atoms with E-state index in [9.17, 15) is 9.59 Å². The van der Waals surface area contributed by atoms with Crippen LogP contribution >= 0.6 is 0 Å². The molecule has 1 unspecified atom stereocenters. The summed E-state index contributed by atoms with van der Waals surface area (Å²) in [5, 5.41) is 5.82. The second-order valence-corrected chi connectivity index (χ2v) is 5.62. The maximum absolute atomic E-state index is 11.9. The zero-order chi connectivity index (χ0) is 14.2. The molecule has 1 heterocycles. The molecule has 0 spiro atoms. The molecule has 0 radical (unpaired) electrons. The molecule has 0 aliphatic carbocycles. The van der Waals surface area contributed by atoms with Gasteiger partial charge >= 0.3 is 5.97 Å². The molecule has 5 heteroatoms. The maximum Gasteiger partial charge on any atom is 0.338 e. The second-order valence-electron chi connectivity index (χ2n) is 5.62. The van der Waals surface area contributed by atoms with Gasteiger partial charge in [0.2, 0.25) is 5.91 Å². The number of amides is 1. The first-order valence-corrected chi connectivity index (χ1v) is 6.21. The molecule has 0 saturated heterocycles. The smallest absolute Gasteiger partial charge is 0.338 e. The number of hydrogen-bond acceptors (Lipinski definition) is 4. The fourth-order valence-corrected chi connectivity index (χ4v) is 1.78. The summed E-state index contributed by atoms with van der Waals surface area (Å²) in [6.45, 7) is 7.22. The van der Waals surface area contributed by atoms with E-state index in [-0.39, 0.29) is 11.9 Å². The Labute approximate surface area is 112 Å². The van der Waals surface area contributed by atoms with E-state index in [1.807, 2.05) is 20.8 Å². The predicted octanol–water partition coefficient (Wildman–Crippen LogP) is 2.39. The van der Waals surface area contributed by atoms with Gasteiger partial charge in [-0.3, -0.25) is 4.79 Å². The second kappa shape index (κ2) is 4.57. The Morgan fingerprint density at radius 2 is 1.95 bits per heavy atom. The van der Waals surface area contributed by atoms with Crippen molar-refractivity contribution in [2.24, 2.45) is 0 Å². The SMILES string of the molecule is CC1Nc2ccc(C(=O)OC(C)(C)C)cc2NC1=O. The van der Waals surface area contributed by atoms with Gasteiger partial charge in [0, 0.05) is 0 Å². The van der Waals surface area contributed by atoms with Crippen LogP contribution in [-0.4, -0.2) is 23.5 Å². The highest BCUT2D eigenvalue weighted by Crippen LogP contribution is 2.28. The number of carbonyl (C=O) groups excluding carboxylic acids is 2. The highest BCUT2D eigenvalue weighted by molar-refractivity contribution is 6.04. The minimum Gasteiger partial charge on any atom is -0.456 e. The third-order valence-electron chi connectivity index (χ3n) is 2.68. The molecule has 2 N–H and O–H groups in total. The molecule has 0 bridgehead atoms. The largest absolute Gasteiger partial charge is 0.456 e. The Morgan fingerprint density at radius 1 is 1.26 bits per heavy atom. The lowest BCUT2D eigenvalue weighted by Crippen LogP contribution is -2.36. The summed E-state index contributed by atoms with van der Waals surface area (Å²) in [6.07, 6.45) is 0. The van der Waals surface area contributed by atoms with Gasteiger partial charge in [-0.25, -0.2) is 4.79 Å². The summed E-state index contributed by atoms with van der Waals surface area (Å²) < 4.78 is 5.29. The molecule has 1 aromatic carbocycles. The van der Waals surface area contributed by atoms with E-state index < -0.39 is 11.6 Å². The van der Waals surface area contributed by atoms with Crippen molar-refractivity contribution in [3.63, 3.8) is 0 Å². The van der Waals surface area contributed by atoms with E-state index in [0.717, 1.165) is 5.69 Å². The summed E-state index contributed by atoms with van der Waals surface area (Å²) in [6, 6.07) is 4.80. The van der Waals surface area contributed by atoms with Gasteiger partial charge in [0.25, 0.3) is 0 Å². The number of esters is 1. The molecular weight excluding hydrogens is 244 g/mol. The van der Waals surface area contributed by atoms with E-state index in [1.54, 1.807) is 25.1 Å². The van der Waals surface area contributed by atoms with Gasteiger partial charge in [-0.1, -0.05) is 0 Å². The third kappa shape index (κ3) is 3.05. The molecule has 1 aliphatic rings. The van der Waals surface area contributed by atoms with Crippen LogP contribution in [0.2, 0.25) is 0 Å². The number of fused-ring (bicyclic) bond motifs is 1. The fraction of sp³-hybridized carbons (Fsp3) is 0.429. The van der Waals surface area contributed by atoms with Crippen molar-refractivity contribution in [2.45, 2.75) is 39.3 Å². The van der Waals surface area contributed by atoms with Crippen molar-refractivity contribution in [1.82, 2.24) is 0 Å². The number of carbonyl (C=O) groups is 2. The van der Waals surface area contributed by atoms with Gasteiger partial charge in [-0.2, -0.15) is 0 Å². The standard InChI is InChI=1S/C14H18N2O3/c1-8-12(17)16-11-7-9(5-6-10(11)15-8)13(18)19-14(2,3)4/h5-8,15H,1-4H3,(H,16,17). The summed E-state index contributed by atoms with van der Waals surface area (Å²) in [4.78, 5) is 23.5. The van der Waals surface area contributed by atoms with Crippen LogP contribution in [0, 0.1) is 0 Å². The van der Waals surface area contributed by atoms with E-state index >= 15 is 0 Å². The summed E-state index contributed by atoms with van der Waals surface area (Å²) in [7, 11) is 0. The van der Waals surface area contributed by atoms with Gasteiger partial charge in [0.1, 0.15) is 11.6 Å². The first-order valence-electron chi connectivity index (χ1n) is 6.21. The van der Waals surface area contributed by atoms with Crippen molar-refractivity contribution in [2.75, 3.05) is 10.6 Å². The van der Waals surface area contributed by atoms with Crippen LogP contribution in [0.3, 0.4) is 0 Å². The van der Waals surface area contributed by atoms with Gasteiger partial charge < -0.3 is 15.4 Å². The molecule has 0 saturated carbocycles. The van der Waals surface area contributed by atoms with E-state index in [4.69, 9.17) is 4.74 Å². The Balaban J connectivity index is 2.24. The summed E-state index contributed by atoms with van der Waals surface area (Å²) in [5.74, 6) is -0.517. The summed E-state index contributed by atoms with van der Waals surface area (Å²) in [5.41, 5.74) is 1.29. The molecule has 2 rings (SSSR count). The van der Waals surface area contributed by atoms with Gasteiger partial charge in [0.15, 0.2) is 0 Å². The number of nitrogens with one attached hydrogen (secondary N) is 2. The van der Waals surface area contributed by atoms with E-state index in [2.05, 4.69) is 10.6 Å². The predicted molar refractivity (Wildman–Crippen MR) is 73.3 cm³/mol. The molecule has 5 nitrogen and oxygen atoms in total. The van der Waals surface area contributed by atoms with Crippen LogP contribution < -0.4 is 10.6 Å². The quantitative estimate of drug-likeness (QED) is 0.763. The topological polar surface area (TPSA) is 67.4 Å². The van der Waals surface area contributed by atoms with Crippen LogP contribution in [0.4, 0.5) is 11.4 Å². The van der Waals surface area contributed by atoms with Gasteiger partial charge in [-0.15, -0.1) is 0 Å². The molecule has 1 amide bonds. The maximum atomic E-state index is 11.9. The van der Waals surface area contributed by atoms with Gasteiger partial charge in [-0.05, 0) is 45.9 Å². The Kier molecular flexibility index (Phi) is 3.22. The molecule has 0 fully saturated rings. The Morgan fingerprint density at radius 3 is 2.58 bits per heavy atom. The van der Waals surface area contributed by atoms with E-state index in [0.29, 0.717) is 11.3 Å². The number of hydrogen-bond donors (Lipinski definition) is 2. The monoisotopic (exact) mass is 262 g/mol. The zero-order valence-electron chi connectivity index (χ0n) is 11.5. The van der Waals surface area contributed by atoms with Crippen LogP contribution in [0.25, 0.3) is 0 Å². The number of rotatable bonds is 1.